The lowest BCUT2D eigenvalue weighted by Crippen LogP contribution is -2.34. The van der Waals surface area contributed by atoms with Crippen molar-refractivity contribution >= 4 is 28.5 Å². The fourth-order valence-corrected chi connectivity index (χ4v) is 4.01. The first-order valence-corrected chi connectivity index (χ1v) is 10.6. The highest BCUT2D eigenvalue weighted by atomic mass is 16.5. The zero-order chi connectivity index (χ0) is 22.0. The molecule has 0 radical (unpaired) electrons. The number of para-hydroxylation sites is 1. The van der Waals surface area contributed by atoms with Gasteiger partial charge in [-0.2, -0.15) is 0 Å². The zero-order valence-electron chi connectivity index (χ0n) is 18.1. The number of hydrogen-bond acceptors (Lipinski definition) is 5. The Morgan fingerprint density at radius 1 is 1.19 bits per heavy atom. The number of hydrogen-bond donors (Lipinski definition) is 1. The monoisotopic (exact) mass is 417 g/mol. The molecule has 160 valence electrons. The summed E-state index contributed by atoms with van der Waals surface area (Å²) in [5.74, 6) is -0.804. The summed E-state index contributed by atoms with van der Waals surface area (Å²) in [5.41, 5.74) is 4.85. The predicted molar refractivity (Wildman–Crippen MR) is 121 cm³/mol. The summed E-state index contributed by atoms with van der Waals surface area (Å²) in [6, 6.07) is 15.1. The van der Waals surface area contributed by atoms with E-state index in [0.717, 1.165) is 40.7 Å². The maximum absolute atomic E-state index is 13.4. The number of amides is 1. The minimum atomic E-state index is -0.878. The highest BCUT2D eigenvalue weighted by molar-refractivity contribution is 6.06. The second-order valence-corrected chi connectivity index (χ2v) is 8.08. The minimum absolute atomic E-state index is 0.328. The summed E-state index contributed by atoms with van der Waals surface area (Å²) in [5, 5.41) is 3.62. The number of esters is 1. The van der Waals surface area contributed by atoms with E-state index < -0.39 is 12.1 Å². The van der Waals surface area contributed by atoms with Crippen molar-refractivity contribution in [2.75, 3.05) is 18.9 Å². The fraction of sp³-hybridized carbons (Fsp3) is 0.320. The lowest BCUT2D eigenvalue weighted by atomic mass is 9.96. The van der Waals surface area contributed by atoms with Crippen molar-refractivity contribution in [2.45, 2.75) is 39.3 Å². The van der Waals surface area contributed by atoms with Crippen LogP contribution in [0.3, 0.4) is 0 Å². The average Bonchev–Trinajstić information content (AvgIpc) is 2.75. The number of pyridine rings is 1. The van der Waals surface area contributed by atoms with Crippen LogP contribution in [0.1, 0.15) is 40.5 Å². The number of aryl methyl sites for hydroxylation is 1. The van der Waals surface area contributed by atoms with Crippen LogP contribution in [0.15, 0.2) is 48.5 Å². The maximum atomic E-state index is 13.4. The molecule has 2 heterocycles. The van der Waals surface area contributed by atoms with Crippen LogP contribution in [0.25, 0.3) is 10.9 Å². The second kappa shape index (κ2) is 8.86. The number of rotatable bonds is 5. The number of nitrogens with one attached hydrogen (secondary N) is 1. The van der Waals surface area contributed by atoms with Crippen LogP contribution in [0.2, 0.25) is 0 Å². The molecule has 1 aromatic heterocycles. The van der Waals surface area contributed by atoms with Gasteiger partial charge < -0.3 is 15.0 Å². The van der Waals surface area contributed by atoms with Crippen LogP contribution in [0, 0.1) is 6.92 Å². The van der Waals surface area contributed by atoms with Gasteiger partial charge in [-0.25, -0.2) is 4.79 Å². The third-order valence-corrected chi connectivity index (χ3v) is 5.64. The van der Waals surface area contributed by atoms with Gasteiger partial charge in [0.1, 0.15) is 0 Å². The summed E-state index contributed by atoms with van der Waals surface area (Å²) >= 11 is 0. The third kappa shape index (κ3) is 4.44. The van der Waals surface area contributed by atoms with Crippen LogP contribution in [-0.4, -0.2) is 41.5 Å². The van der Waals surface area contributed by atoms with E-state index in [0.29, 0.717) is 24.2 Å². The highest BCUT2D eigenvalue weighted by Crippen LogP contribution is 2.29. The van der Waals surface area contributed by atoms with Crippen molar-refractivity contribution < 1.29 is 14.3 Å². The largest absolute Gasteiger partial charge is 0.449 e. The molecule has 0 fully saturated rings. The number of aromatic nitrogens is 1. The van der Waals surface area contributed by atoms with Gasteiger partial charge in [-0.3, -0.25) is 9.78 Å². The van der Waals surface area contributed by atoms with E-state index >= 15 is 0 Å². The van der Waals surface area contributed by atoms with Crippen molar-refractivity contribution in [3.63, 3.8) is 0 Å². The summed E-state index contributed by atoms with van der Waals surface area (Å²) in [7, 11) is 2.03. The zero-order valence-corrected chi connectivity index (χ0v) is 18.1. The molecule has 1 N–H and O–H groups in total. The standard InChI is InChI=1S/C25H27N3O3/c1-4-22(24(29)26-17-9-7-8-16(2)14-17)31-25(30)23-18-10-5-6-11-20(18)27-21-12-13-28(3)15-19(21)23/h5-11,14,22H,4,12-13,15H2,1-3H3,(H,26,29). The van der Waals surface area contributed by atoms with E-state index in [2.05, 4.69) is 10.2 Å². The number of nitrogens with zero attached hydrogens (tertiary/aromatic N) is 2. The van der Waals surface area contributed by atoms with E-state index in [-0.39, 0.29) is 5.91 Å². The average molecular weight is 418 g/mol. The molecule has 1 atom stereocenters. The van der Waals surface area contributed by atoms with Gasteiger partial charge >= 0.3 is 5.97 Å². The van der Waals surface area contributed by atoms with E-state index in [1.165, 1.54) is 0 Å². The summed E-state index contributed by atoms with van der Waals surface area (Å²) in [6.07, 6.45) is 0.285. The van der Waals surface area contributed by atoms with Gasteiger partial charge in [0.15, 0.2) is 6.10 Å². The summed E-state index contributed by atoms with van der Waals surface area (Å²) in [6.45, 7) is 5.32. The normalized spacial score (nSPS) is 14.7. The van der Waals surface area contributed by atoms with Gasteiger partial charge in [-0.05, 0) is 44.2 Å². The summed E-state index contributed by atoms with van der Waals surface area (Å²) < 4.78 is 5.76. The third-order valence-electron chi connectivity index (χ3n) is 5.64. The van der Waals surface area contributed by atoms with Gasteiger partial charge in [-0.15, -0.1) is 0 Å². The Bertz CT molecular complexity index is 1140. The predicted octanol–water partition coefficient (Wildman–Crippen LogP) is 4.11. The molecule has 0 saturated heterocycles. The Balaban J connectivity index is 1.64. The number of ether oxygens (including phenoxy) is 1. The Kier molecular flexibility index (Phi) is 6.00. The number of anilines is 1. The van der Waals surface area contributed by atoms with Crippen LogP contribution in [0.5, 0.6) is 0 Å². The molecule has 1 unspecified atom stereocenters. The lowest BCUT2D eigenvalue weighted by Gasteiger charge is -2.27. The van der Waals surface area contributed by atoms with Crippen molar-refractivity contribution in [1.82, 2.24) is 9.88 Å². The van der Waals surface area contributed by atoms with Crippen molar-refractivity contribution in [2.24, 2.45) is 0 Å². The van der Waals surface area contributed by atoms with Crippen molar-refractivity contribution in [1.29, 1.82) is 0 Å². The minimum Gasteiger partial charge on any atom is -0.449 e. The molecule has 0 bridgehead atoms. The molecule has 0 spiro atoms. The molecular weight excluding hydrogens is 390 g/mol. The first-order chi connectivity index (χ1) is 15.0. The molecule has 31 heavy (non-hydrogen) atoms. The molecule has 6 nitrogen and oxygen atoms in total. The highest BCUT2D eigenvalue weighted by Gasteiger charge is 2.28. The lowest BCUT2D eigenvalue weighted by molar-refractivity contribution is -0.124. The molecule has 2 aromatic carbocycles. The van der Waals surface area contributed by atoms with Crippen molar-refractivity contribution in [3.05, 3.63) is 70.9 Å². The number of carbonyl (C=O) groups excluding carboxylic acids is 2. The number of benzene rings is 2. The second-order valence-electron chi connectivity index (χ2n) is 8.08. The summed E-state index contributed by atoms with van der Waals surface area (Å²) in [4.78, 5) is 33.1. The first kappa shape index (κ1) is 21.0. The molecule has 1 amide bonds. The quantitative estimate of drug-likeness (QED) is 0.633. The fourth-order valence-electron chi connectivity index (χ4n) is 4.01. The smallest absolute Gasteiger partial charge is 0.340 e. The number of carbonyl (C=O) groups is 2. The van der Waals surface area contributed by atoms with Gasteiger partial charge in [-0.1, -0.05) is 37.3 Å². The Hall–Kier alpha value is -3.25. The molecule has 1 aliphatic rings. The first-order valence-electron chi connectivity index (χ1n) is 10.6. The molecule has 0 saturated carbocycles. The molecule has 0 aliphatic carbocycles. The van der Waals surface area contributed by atoms with E-state index in [9.17, 15) is 9.59 Å². The van der Waals surface area contributed by atoms with Crippen LogP contribution < -0.4 is 5.32 Å². The van der Waals surface area contributed by atoms with Crippen LogP contribution in [0.4, 0.5) is 5.69 Å². The molecular formula is C25H27N3O3. The van der Waals surface area contributed by atoms with Crippen molar-refractivity contribution in [3.8, 4) is 0 Å². The Morgan fingerprint density at radius 3 is 2.77 bits per heavy atom. The molecule has 3 aromatic rings. The van der Waals surface area contributed by atoms with E-state index in [1.54, 1.807) is 0 Å². The molecule has 4 rings (SSSR count). The van der Waals surface area contributed by atoms with E-state index in [1.807, 2.05) is 69.4 Å². The molecule has 6 heteroatoms. The van der Waals surface area contributed by atoms with Crippen LogP contribution >= 0.6 is 0 Å². The Morgan fingerprint density at radius 2 is 2.00 bits per heavy atom. The van der Waals surface area contributed by atoms with Gasteiger partial charge in [0.25, 0.3) is 5.91 Å². The van der Waals surface area contributed by atoms with Gasteiger partial charge in [0, 0.05) is 41.8 Å². The van der Waals surface area contributed by atoms with E-state index in [4.69, 9.17) is 9.72 Å². The van der Waals surface area contributed by atoms with Crippen LogP contribution in [-0.2, 0) is 22.5 Å². The SMILES string of the molecule is CCC(OC(=O)c1c2c(nc3ccccc13)CCN(C)C2)C(=O)Nc1cccc(C)c1. The maximum Gasteiger partial charge on any atom is 0.340 e. The number of fused-ring (bicyclic) bond motifs is 2. The Labute approximate surface area is 182 Å². The van der Waals surface area contributed by atoms with Gasteiger partial charge in [0.05, 0.1) is 11.1 Å². The van der Waals surface area contributed by atoms with Gasteiger partial charge in [0.2, 0.25) is 0 Å². The molecule has 1 aliphatic heterocycles. The number of likely N-dealkylation sites (N-methyl/N-ethyl adjacent to an activating group) is 1. The topological polar surface area (TPSA) is 71.5 Å².